The highest BCUT2D eigenvalue weighted by Crippen LogP contribution is 2.29. The number of morpholine rings is 1. The van der Waals surface area contributed by atoms with E-state index in [4.69, 9.17) is 16.3 Å². The van der Waals surface area contributed by atoms with Crippen LogP contribution in [0.4, 0.5) is 0 Å². The number of carbonyl (C=O) groups excluding carboxylic acids is 1. The molecule has 4 aromatic rings. The molecule has 9 nitrogen and oxygen atoms in total. The minimum Gasteiger partial charge on any atom is -0.388 e. The first kappa shape index (κ1) is 28.6. The summed E-state index contributed by atoms with van der Waals surface area (Å²) in [5.74, 6) is -0.0468. The second-order valence-electron chi connectivity index (χ2n) is 11.7. The van der Waals surface area contributed by atoms with Crippen LogP contribution in [0.25, 0.3) is 16.7 Å². The van der Waals surface area contributed by atoms with Crippen LogP contribution in [0.3, 0.4) is 0 Å². The minimum atomic E-state index is -1.13. The number of carbonyl (C=O) groups is 1. The molecule has 0 aliphatic carbocycles. The predicted molar refractivity (Wildman–Crippen MR) is 163 cm³/mol. The molecule has 2 aliphatic heterocycles. The number of piperidine rings is 1. The smallest absolute Gasteiger partial charge is 0.262 e. The Morgan fingerprint density at radius 3 is 2.55 bits per heavy atom. The van der Waals surface area contributed by atoms with Crippen LogP contribution >= 0.6 is 11.6 Å². The van der Waals surface area contributed by atoms with E-state index >= 15 is 0 Å². The highest BCUT2D eigenvalue weighted by molar-refractivity contribution is 6.31. The van der Waals surface area contributed by atoms with Gasteiger partial charge in [-0.05, 0) is 75.1 Å². The van der Waals surface area contributed by atoms with Crippen molar-refractivity contribution in [2.75, 3.05) is 26.2 Å². The Hall–Kier alpha value is -3.50. The number of nitrogens with zero attached hydrogens (tertiary/aromatic N) is 4. The highest BCUT2D eigenvalue weighted by Gasteiger charge is 2.35. The number of hydrogen-bond donors (Lipinski definition) is 2. The number of aromatic nitrogens is 3. The number of halogens is 1. The topological polar surface area (TPSA) is 102 Å². The number of fused-ring (bicyclic) bond motifs is 1. The number of nitrogens with one attached hydrogen (secondary N) is 1. The van der Waals surface area contributed by atoms with Crippen LogP contribution in [0.5, 0.6) is 0 Å². The SMILES string of the molecule is Cc1ccc(C(=O)N2CCC(O)(Cn3cnc4c(cc(Cl)n4-c4ccc([C@H]5CO[C@H](C)CN5)c(C)c4)c3=O)CC2)cc1. The Bertz CT molecular complexity index is 1680. The van der Waals surface area contributed by atoms with Gasteiger partial charge >= 0.3 is 0 Å². The molecule has 0 radical (unpaired) electrons. The molecule has 0 spiro atoms. The maximum atomic E-state index is 13.5. The van der Waals surface area contributed by atoms with Gasteiger partial charge in [0, 0.05) is 30.9 Å². The molecule has 2 N–H and O–H groups in total. The first-order chi connectivity index (χ1) is 20.1. The lowest BCUT2D eigenvalue weighted by Gasteiger charge is -2.38. The van der Waals surface area contributed by atoms with Gasteiger partial charge in [-0.3, -0.25) is 18.7 Å². The van der Waals surface area contributed by atoms with Crippen molar-refractivity contribution in [3.05, 3.63) is 92.6 Å². The molecule has 2 atom stereocenters. The van der Waals surface area contributed by atoms with Gasteiger partial charge in [-0.2, -0.15) is 0 Å². The molecular formula is C32H36ClN5O4. The Morgan fingerprint density at radius 1 is 1.14 bits per heavy atom. The van der Waals surface area contributed by atoms with Gasteiger partial charge < -0.3 is 20.1 Å². The number of hydrogen-bond acceptors (Lipinski definition) is 6. The largest absolute Gasteiger partial charge is 0.388 e. The van der Waals surface area contributed by atoms with Crippen LogP contribution in [0.15, 0.2) is 59.7 Å². The summed E-state index contributed by atoms with van der Waals surface area (Å²) in [5, 5.41) is 15.7. The maximum Gasteiger partial charge on any atom is 0.262 e. The summed E-state index contributed by atoms with van der Waals surface area (Å²) in [5.41, 5.74) is 3.87. The molecule has 2 aliphatic rings. The maximum absolute atomic E-state index is 13.5. The molecule has 0 unspecified atom stereocenters. The molecular weight excluding hydrogens is 554 g/mol. The molecule has 2 aromatic carbocycles. The average Bonchev–Trinajstić information content (AvgIpc) is 3.32. The normalized spacial score (nSPS) is 20.6. The fourth-order valence-electron chi connectivity index (χ4n) is 6.00. The molecule has 0 bridgehead atoms. The lowest BCUT2D eigenvalue weighted by Crippen LogP contribution is -2.49. The summed E-state index contributed by atoms with van der Waals surface area (Å²) in [6, 6.07) is 15.3. The Balaban J connectivity index is 1.19. The molecule has 4 heterocycles. The zero-order valence-electron chi connectivity index (χ0n) is 24.1. The van der Waals surface area contributed by atoms with Gasteiger partial charge in [0.25, 0.3) is 11.5 Å². The van der Waals surface area contributed by atoms with Gasteiger partial charge in [0.05, 0.1) is 36.3 Å². The number of aliphatic hydroxyl groups is 1. The second kappa shape index (κ2) is 11.3. The third-order valence-electron chi connectivity index (χ3n) is 8.57. The van der Waals surface area contributed by atoms with Gasteiger partial charge in [-0.25, -0.2) is 4.98 Å². The predicted octanol–water partition coefficient (Wildman–Crippen LogP) is 4.17. The Kier molecular flexibility index (Phi) is 7.70. The fourth-order valence-corrected chi connectivity index (χ4v) is 6.29. The molecule has 42 heavy (non-hydrogen) atoms. The number of rotatable bonds is 5. The van der Waals surface area contributed by atoms with E-state index in [1.807, 2.05) is 43.3 Å². The quantitative estimate of drug-likeness (QED) is 0.362. The Labute approximate surface area is 249 Å². The van der Waals surface area contributed by atoms with Crippen molar-refractivity contribution >= 4 is 28.5 Å². The van der Waals surface area contributed by atoms with Gasteiger partial charge in [0.2, 0.25) is 0 Å². The van der Waals surface area contributed by atoms with E-state index in [1.54, 1.807) is 15.5 Å². The van der Waals surface area contributed by atoms with Crippen LogP contribution in [0.1, 0.15) is 52.9 Å². The second-order valence-corrected chi connectivity index (χ2v) is 12.1. The minimum absolute atomic E-state index is 0.0468. The van der Waals surface area contributed by atoms with Crippen LogP contribution in [-0.4, -0.2) is 68.0 Å². The molecule has 2 fully saturated rings. The number of likely N-dealkylation sites (tertiary alicyclic amines) is 1. The van der Waals surface area contributed by atoms with E-state index in [0.29, 0.717) is 54.3 Å². The highest BCUT2D eigenvalue weighted by atomic mass is 35.5. The van der Waals surface area contributed by atoms with E-state index in [1.165, 1.54) is 10.9 Å². The van der Waals surface area contributed by atoms with Crippen molar-refractivity contribution in [3.8, 4) is 5.69 Å². The summed E-state index contributed by atoms with van der Waals surface area (Å²) in [7, 11) is 0. The molecule has 0 saturated carbocycles. The zero-order chi connectivity index (χ0) is 29.6. The summed E-state index contributed by atoms with van der Waals surface area (Å²) >= 11 is 6.66. The van der Waals surface area contributed by atoms with Gasteiger partial charge in [-0.1, -0.05) is 35.4 Å². The van der Waals surface area contributed by atoms with E-state index in [9.17, 15) is 14.7 Å². The van der Waals surface area contributed by atoms with Crippen LogP contribution in [0, 0.1) is 13.8 Å². The standard InChI is InChI=1S/C32H36ClN5O4/c1-20-4-6-23(7-5-20)30(39)36-12-10-32(41,11-13-36)18-37-19-35-29-26(31(37)40)15-28(33)38(29)24-8-9-25(21(2)14-24)27-17-42-22(3)16-34-27/h4-9,14-15,19,22,27,34,41H,10-13,16-18H2,1-3H3/t22-,27-/m1/s1. The monoisotopic (exact) mass is 589 g/mol. The van der Waals surface area contributed by atoms with Crippen molar-refractivity contribution in [1.29, 1.82) is 0 Å². The number of amides is 1. The van der Waals surface area contributed by atoms with Gasteiger partial charge in [0.1, 0.15) is 11.5 Å². The molecule has 2 aromatic heterocycles. The molecule has 220 valence electrons. The van der Waals surface area contributed by atoms with Crippen molar-refractivity contribution in [2.24, 2.45) is 0 Å². The van der Waals surface area contributed by atoms with Crippen molar-refractivity contribution in [2.45, 2.75) is 57.9 Å². The first-order valence-corrected chi connectivity index (χ1v) is 14.8. The van der Waals surface area contributed by atoms with Crippen LogP contribution in [0.2, 0.25) is 5.15 Å². The number of ether oxygens (including phenoxy) is 1. The van der Waals surface area contributed by atoms with Crippen molar-refractivity contribution < 1.29 is 14.6 Å². The van der Waals surface area contributed by atoms with Crippen LogP contribution in [-0.2, 0) is 11.3 Å². The van der Waals surface area contributed by atoms with E-state index in [0.717, 1.165) is 28.9 Å². The van der Waals surface area contributed by atoms with E-state index in [-0.39, 0.29) is 30.2 Å². The lowest BCUT2D eigenvalue weighted by molar-refractivity contribution is -0.0299. The van der Waals surface area contributed by atoms with Gasteiger partial charge in [0.15, 0.2) is 5.65 Å². The summed E-state index contributed by atoms with van der Waals surface area (Å²) in [6.45, 7) is 8.41. The summed E-state index contributed by atoms with van der Waals surface area (Å²) in [4.78, 5) is 32.8. The van der Waals surface area contributed by atoms with E-state index < -0.39 is 5.60 Å². The molecule has 10 heteroatoms. The third-order valence-corrected chi connectivity index (χ3v) is 8.85. The van der Waals surface area contributed by atoms with Gasteiger partial charge in [-0.15, -0.1) is 0 Å². The van der Waals surface area contributed by atoms with Crippen LogP contribution < -0.4 is 10.9 Å². The molecule has 2 saturated heterocycles. The Morgan fingerprint density at radius 2 is 1.88 bits per heavy atom. The van der Waals surface area contributed by atoms with Crippen molar-refractivity contribution in [3.63, 3.8) is 0 Å². The number of aryl methyl sites for hydroxylation is 2. The molecule has 1 amide bonds. The summed E-state index contributed by atoms with van der Waals surface area (Å²) < 4.78 is 9.05. The fraction of sp³-hybridized carbons (Fsp3) is 0.406. The zero-order valence-corrected chi connectivity index (χ0v) is 24.9. The summed E-state index contributed by atoms with van der Waals surface area (Å²) in [6.07, 6.45) is 2.40. The van der Waals surface area contributed by atoms with Crippen molar-refractivity contribution in [1.82, 2.24) is 24.3 Å². The molecule has 6 rings (SSSR count). The third kappa shape index (κ3) is 5.49. The lowest BCUT2D eigenvalue weighted by atomic mass is 9.91. The first-order valence-electron chi connectivity index (χ1n) is 14.4. The number of benzene rings is 2. The average molecular weight is 590 g/mol. The van der Waals surface area contributed by atoms with E-state index in [2.05, 4.69) is 30.2 Å².